The van der Waals surface area contributed by atoms with Crippen LogP contribution in [0.1, 0.15) is 78.2 Å². The summed E-state index contributed by atoms with van der Waals surface area (Å²) in [7, 11) is 0. The van der Waals surface area contributed by atoms with Gasteiger partial charge in [-0.05, 0) is 86.6 Å². The molecule has 0 aliphatic heterocycles. The number of ketones is 1. The number of benzene rings is 1. The van der Waals surface area contributed by atoms with Crippen molar-refractivity contribution >= 4 is 23.5 Å². The summed E-state index contributed by atoms with van der Waals surface area (Å²) >= 11 is 1.47. The van der Waals surface area contributed by atoms with Gasteiger partial charge in [0.2, 0.25) is 0 Å². The van der Waals surface area contributed by atoms with E-state index in [9.17, 15) is 14.7 Å². The van der Waals surface area contributed by atoms with E-state index in [2.05, 4.69) is 33.0 Å². The average Bonchev–Trinajstić information content (AvgIpc) is 3.04. The smallest absolute Gasteiger partial charge is 0.316 e. The van der Waals surface area contributed by atoms with Crippen LogP contribution in [0.2, 0.25) is 0 Å². The Kier molecular flexibility index (Phi) is 10.1. The van der Waals surface area contributed by atoms with E-state index in [1.165, 1.54) is 11.8 Å². The molecule has 0 saturated heterocycles. The number of hydrogen-bond acceptors (Lipinski definition) is 8. The van der Waals surface area contributed by atoms with Gasteiger partial charge in [-0.15, -0.1) is 11.8 Å². The van der Waals surface area contributed by atoms with Crippen molar-refractivity contribution in [1.82, 2.24) is 5.32 Å². The molecule has 1 aromatic carbocycles. The molecule has 1 spiro atoms. The summed E-state index contributed by atoms with van der Waals surface area (Å²) in [6, 6.07) is 7.96. The minimum atomic E-state index is -0.582. The van der Waals surface area contributed by atoms with Crippen LogP contribution in [0, 0.1) is 34.0 Å². The monoisotopic (exact) mass is 573 g/mol. The van der Waals surface area contributed by atoms with E-state index in [0.717, 1.165) is 49.1 Å². The fourth-order valence-corrected chi connectivity index (χ4v) is 8.70. The minimum absolute atomic E-state index is 0.0238. The minimum Gasteiger partial charge on any atom is -0.461 e. The lowest BCUT2D eigenvalue weighted by molar-refractivity contribution is -0.178. The number of esters is 1. The maximum absolute atomic E-state index is 13.4. The molecule has 4 rings (SSSR count). The first kappa shape index (κ1) is 31.5. The van der Waals surface area contributed by atoms with E-state index in [-0.39, 0.29) is 46.4 Å². The molecule has 6 N–H and O–H groups in total. The van der Waals surface area contributed by atoms with Crippen molar-refractivity contribution in [2.75, 3.05) is 25.4 Å². The third-order valence-electron chi connectivity index (χ3n) is 10.9. The molecular formula is C32H51N3O4S. The number of carbonyl (C=O) groups is 2. The van der Waals surface area contributed by atoms with Crippen molar-refractivity contribution < 1.29 is 19.4 Å². The third-order valence-corrected chi connectivity index (χ3v) is 11.9. The molecular weight excluding hydrogens is 522 g/mol. The van der Waals surface area contributed by atoms with Gasteiger partial charge in [0.1, 0.15) is 11.9 Å². The van der Waals surface area contributed by atoms with Crippen molar-refractivity contribution in [1.29, 1.82) is 0 Å². The van der Waals surface area contributed by atoms with Gasteiger partial charge in [0.05, 0.1) is 11.9 Å². The normalized spacial score (nSPS) is 37.8. The number of thioether (sulfide) groups is 1. The summed E-state index contributed by atoms with van der Waals surface area (Å²) in [5, 5.41) is 15.6. The van der Waals surface area contributed by atoms with E-state index in [1.807, 2.05) is 24.3 Å². The highest BCUT2D eigenvalue weighted by atomic mass is 32.2. The van der Waals surface area contributed by atoms with Crippen LogP contribution in [0.4, 0.5) is 0 Å². The summed E-state index contributed by atoms with van der Waals surface area (Å²) < 4.78 is 6.46. The Morgan fingerprint density at radius 1 is 1.18 bits per heavy atom. The van der Waals surface area contributed by atoms with Gasteiger partial charge in [0.25, 0.3) is 0 Å². The first-order chi connectivity index (χ1) is 19.0. The number of aliphatic hydroxyl groups excluding tert-OH is 1. The van der Waals surface area contributed by atoms with Crippen LogP contribution >= 0.6 is 11.8 Å². The Bertz CT molecular complexity index is 1040. The highest BCUT2D eigenvalue weighted by Crippen LogP contribution is 2.63. The number of Topliss-reactive ketones (excluding diaryl/α,β-unsaturated/α-hetero) is 1. The predicted octanol–water partition coefficient (Wildman–Crippen LogP) is 4.29. The largest absolute Gasteiger partial charge is 0.461 e. The quantitative estimate of drug-likeness (QED) is 0.186. The molecule has 3 fully saturated rings. The molecule has 3 bridgehead atoms. The zero-order valence-electron chi connectivity index (χ0n) is 24.9. The van der Waals surface area contributed by atoms with Gasteiger partial charge in [-0.2, -0.15) is 0 Å². The summed E-state index contributed by atoms with van der Waals surface area (Å²) in [6.45, 7) is 11.4. The highest BCUT2D eigenvalue weighted by molar-refractivity contribution is 8.00. The first-order valence-electron chi connectivity index (χ1n) is 15.2. The van der Waals surface area contributed by atoms with Gasteiger partial charge in [-0.25, -0.2) is 0 Å². The molecule has 0 aromatic heterocycles. The highest BCUT2D eigenvalue weighted by Gasteiger charge is 2.60. The summed E-state index contributed by atoms with van der Waals surface area (Å²) in [4.78, 5) is 27.5. The average molecular weight is 574 g/mol. The Morgan fingerprint density at radius 2 is 1.90 bits per heavy atom. The standard InChI is InChI=1S/C32H51N3O4S/c1-21-14-24-15-32(11-10-26(24)36)19-31(21,4)27(16-30(3,29(38)22(32)2)20-35-13-5-12-33)39-28(37)18-40-25-8-6-23(17-34)7-9-25/h6-9,21-22,24,27,29,35,38H,5,10-20,33-34H2,1-4H3/t21-,22+,24+,27-,29+,30-,31+,32+/m1/s1. The van der Waals surface area contributed by atoms with Gasteiger partial charge >= 0.3 is 5.97 Å². The Hall–Kier alpha value is -1.45. The van der Waals surface area contributed by atoms with Crippen LogP contribution in [-0.4, -0.2) is 54.5 Å². The Morgan fingerprint density at radius 3 is 2.58 bits per heavy atom. The van der Waals surface area contributed by atoms with Crippen molar-refractivity contribution in [3.63, 3.8) is 0 Å². The molecule has 8 heteroatoms. The summed E-state index contributed by atoms with van der Waals surface area (Å²) in [6.07, 6.45) is 4.40. The number of fused-ring (bicyclic) bond motifs is 2. The van der Waals surface area contributed by atoms with Gasteiger partial charge in [0.15, 0.2) is 0 Å². The zero-order chi connectivity index (χ0) is 29.1. The van der Waals surface area contributed by atoms with E-state index >= 15 is 0 Å². The molecule has 3 aliphatic rings. The molecule has 8 atom stereocenters. The molecule has 0 heterocycles. The van der Waals surface area contributed by atoms with Crippen molar-refractivity contribution in [2.45, 2.75) is 96.3 Å². The van der Waals surface area contributed by atoms with Crippen molar-refractivity contribution in [3.05, 3.63) is 29.8 Å². The van der Waals surface area contributed by atoms with Gasteiger partial charge in [-0.3, -0.25) is 9.59 Å². The second-order valence-corrected chi connectivity index (χ2v) is 14.6. The molecule has 3 saturated carbocycles. The first-order valence-corrected chi connectivity index (χ1v) is 16.2. The van der Waals surface area contributed by atoms with E-state index in [1.54, 1.807) is 0 Å². The number of carbonyl (C=O) groups excluding carboxylic acids is 2. The molecule has 3 aliphatic carbocycles. The van der Waals surface area contributed by atoms with Gasteiger partial charge < -0.3 is 26.6 Å². The van der Waals surface area contributed by atoms with E-state index in [4.69, 9.17) is 16.2 Å². The van der Waals surface area contributed by atoms with Crippen molar-refractivity contribution in [3.8, 4) is 0 Å². The van der Waals surface area contributed by atoms with Crippen LogP contribution in [0.3, 0.4) is 0 Å². The summed E-state index contributed by atoms with van der Waals surface area (Å²) in [5.41, 5.74) is 11.6. The fourth-order valence-electron chi connectivity index (χ4n) is 8.02. The number of aliphatic hydroxyl groups is 1. The molecule has 0 amide bonds. The maximum Gasteiger partial charge on any atom is 0.316 e. The van der Waals surface area contributed by atoms with Gasteiger partial charge in [0, 0.05) is 41.2 Å². The van der Waals surface area contributed by atoms with E-state index in [0.29, 0.717) is 38.3 Å². The van der Waals surface area contributed by atoms with Crippen LogP contribution in [-0.2, 0) is 20.9 Å². The second-order valence-electron chi connectivity index (χ2n) is 13.6. The molecule has 0 radical (unpaired) electrons. The molecule has 224 valence electrons. The van der Waals surface area contributed by atoms with Crippen LogP contribution in [0.15, 0.2) is 29.2 Å². The van der Waals surface area contributed by atoms with Crippen LogP contribution in [0.25, 0.3) is 0 Å². The number of nitrogens with one attached hydrogen (secondary N) is 1. The van der Waals surface area contributed by atoms with Crippen LogP contribution in [0.5, 0.6) is 0 Å². The van der Waals surface area contributed by atoms with Crippen LogP contribution < -0.4 is 16.8 Å². The second kappa shape index (κ2) is 12.8. The number of rotatable bonds is 10. The lowest BCUT2D eigenvalue weighted by atomic mass is 9.51. The number of hydrogen-bond donors (Lipinski definition) is 4. The topological polar surface area (TPSA) is 128 Å². The molecule has 0 unspecified atom stereocenters. The fraction of sp³-hybridized carbons (Fsp3) is 0.750. The molecule has 7 nitrogen and oxygen atoms in total. The lowest BCUT2D eigenvalue weighted by Gasteiger charge is -2.56. The van der Waals surface area contributed by atoms with Crippen molar-refractivity contribution in [2.24, 2.45) is 45.5 Å². The number of nitrogens with two attached hydrogens (primary N) is 2. The molecule has 40 heavy (non-hydrogen) atoms. The summed E-state index contributed by atoms with van der Waals surface area (Å²) in [5.74, 6) is 0.634. The maximum atomic E-state index is 13.4. The molecule has 1 aromatic rings. The number of ether oxygens (including phenoxy) is 1. The Balaban J connectivity index is 1.63. The van der Waals surface area contributed by atoms with Gasteiger partial charge in [-0.1, -0.05) is 39.8 Å². The zero-order valence-corrected chi connectivity index (χ0v) is 25.7. The SMILES string of the molecule is C[C@@H]1C[C@H]2C[C@@]3(CCC2=O)C[C@]1(C)[C@H](OC(=O)CSc1ccc(CN)cc1)C[C@](C)(CNCCCN)[C@@H](O)[C@@H]3C. The third kappa shape index (κ3) is 6.46. The van der Waals surface area contributed by atoms with E-state index < -0.39 is 11.5 Å². The lowest BCUT2D eigenvalue weighted by Crippen LogP contribution is -2.58. The predicted molar refractivity (Wildman–Crippen MR) is 161 cm³/mol. The Labute approximate surface area is 244 Å².